The first-order valence-electron chi connectivity index (χ1n) is 10.1. The number of fused-ring (bicyclic) bond motifs is 1. The van der Waals surface area contributed by atoms with Gasteiger partial charge in [0.15, 0.2) is 0 Å². The zero-order chi connectivity index (χ0) is 18.8. The van der Waals surface area contributed by atoms with E-state index in [9.17, 15) is 4.39 Å². The largest absolute Gasteiger partial charge is 0.301 e. The molecule has 0 saturated carbocycles. The summed E-state index contributed by atoms with van der Waals surface area (Å²) in [5.74, 6) is -0.165. The van der Waals surface area contributed by atoms with Crippen molar-refractivity contribution in [3.63, 3.8) is 0 Å². The lowest BCUT2D eigenvalue weighted by molar-refractivity contribution is 0.0544. The molecule has 1 aliphatic heterocycles. The number of likely N-dealkylation sites (N-methyl/N-ethyl adjacent to an activating group) is 2. The predicted molar refractivity (Wildman–Crippen MR) is 108 cm³/mol. The molecule has 0 N–H and O–H groups in total. The molecule has 1 aliphatic carbocycles. The molecule has 3 nitrogen and oxygen atoms in total. The molecule has 0 bridgehead atoms. The summed E-state index contributed by atoms with van der Waals surface area (Å²) in [6, 6.07) is 16.8. The van der Waals surface area contributed by atoms with Crippen LogP contribution in [0.2, 0.25) is 0 Å². The summed E-state index contributed by atoms with van der Waals surface area (Å²) >= 11 is 0. The molecule has 2 aliphatic rings. The molecular formula is C23H30FN3. The molecule has 2 aromatic carbocycles. The van der Waals surface area contributed by atoms with Gasteiger partial charge >= 0.3 is 0 Å². The highest BCUT2D eigenvalue weighted by Gasteiger charge is 2.39. The molecule has 1 unspecified atom stereocenters. The highest BCUT2D eigenvalue weighted by molar-refractivity contribution is 5.37. The fraction of sp³-hybridized carbons (Fsp3) is 0.478. The quantitative estimate of drug-likeness (QED) is 0.800. The molecule has 4 heteroatoms. The molecule has 2 aromatic rings. The summed E-state index contributed by atoms with van der Waals surface area (Å²) < 4.78 is 13.2. The third kappa shape index (κ3) is 3.93. The monoisotopic (exact) mass is 367 g/mol. The minimum atomic E-state index is -0.165. The van der Waals surface area contributed by atoms with Crippen LogP contribution >= 0.6 is 0 Å². The van der Waals surface area contributed by atoms with Gasteiger partial charge in [0.05, 0.1) is 6.04 Å². The zero-order valence-corrected chi connectivity index (χ0v) is 16.4. The molecule has 1 heterocycles. The van der Waals surface area contributed by atoms with Gasteiger partial charge in [-0.05, 0) is 48.8 Å². The Bertz CT molecular complexity index is 752. The van der Waals surface area contributed by atoms with Crippen LogP contribution in [0.3, 0.4) is 0 Å². The van der Waals surface area contributed by atoms with Gasteiger partial charge in [0.25, 0.3) is 0 Å². The maximum atomic E-state index is 13.2. The highest BCUT2D eigenvalue weighted by Crippen LogP contribution is 2.39. The molecule has 0 spiro atoms. The second-order valence-electron chi connectivity index (χ2n) is 7.93. The van der Waals surface area contributed by atoms with Crippen LogP contribution in [0.25, 0.3) is 0 Å². The molecule has 27 heavy (non-hydrogen) atoms. The smallest absolute Gasteiger partial charge is 0.123 e. The van der Waals surface area contributed by atoms with Crippen LogP contribution in [0.15, 0.2) is 48.5 Å². The average Bonchev–Trinajstić information content (AvgIpc) is 3.09. The first-order valence-corrected chi connectivity index (χ1v) is 10.1. The van der Waals surface area contributed by atoms with E-state index in [1.807, 2.05) is 12.1 Å². The van der Waals surface area contributed by atoms with Crippen molar-refractivity contribution in [3.05, 3.63) is 71.0 Å². The van der Waals surface area contributed by atoms with Crippen molar-refractivity contribution in [1.29, 1.82) is 0 Å². The fourth-order valence-electron chi connectivity index (χ4n) is 4.74. The minimum Gasteiger partial charge on any atom is -0.301 e. The van der Waals surface area contributed by atoms with Crippen molar-refractivity contribution in [2.75, 3.05) is 39.8 Å². The SMILES string of the molecule is CCN1CCN([C@@H]2c3ccccc3CC2N(C)Cc2ccc(F)cc2)CC1. The summed E-state index contributed by atoms with van der Waals surface area (Å²) in [6.45, 7) is 8.82. The summed E-state index contributed by atoms with van der Waals surface area (Å²) in [5.41, 5.74) is 4.15. The molecule has 0 amide bonds. The summed E-state index contributed by atoms with van der Waals surface area (Å²) in [6.07, 6.45) is 1.09. The lowest BCUT2D eigenvalue weighted by atomic mass is 10.0. The normalized spacial score (nSPS) is 23.7. The Morgan fingerprint density at radius 1 is 1.00 bits per heavy atom. The standard InChI is InChI=1S/C23H30FN3/c1-3-26-12-14-27(15-13-26)23-21-7-5-4-6-19(21)16-22(23)25(2)17-18-8-10-20(24)11-9-18/h4-11,22-23H,3,12-17H2,1-2H3/t22?,23-/m1/s1. The van der Waals surface area contributed by atoms with Crippen LogP contribution < -0.4 is 0 Å². The van der Waals surface area contributed by atoms with Crippen molar-refractivity contribution in [2.24, 2.45) is 0 Å². The number of hydrogen-bond donors (Lipinski definition) is 0. The van der Waals surface area contributed by atoms with Crippen LogP contribution in [0.4, 0.5) is 4.39 Å². The third-order valence-electron chi connectivity index (χ3n) is 6.33. The first kappa shape index (κ1) is 18.6. The maximum absolute atomic E-state index is 13.2. The van der Waals surface area contributed by atoms with E-state index in [0.717, 1.165) is 45.7 Å². The summed E-state index contributed by atoms with van der Waals surface area (Å²) in [4.78, 5) is 7.68. The van der Waals surface area contributed by atoms with Crippen molar-refractivity contribution >= 4 is 0 Å². The topological polar surface area (TPSA) is 9.72 Å². The van der Waals surface area contributed by atoms with Gasteiger partial charge < -0.3 is 4.90 Å². The van der Waals surface area contributed by atoms with E-state index in [4.69, 9.17) is 0 Å². The highest BCUT2D eigenvalue weighted by atomic mass is 19.1. The number of benzene rings is 2. The molecular weight excluding hydrogens is 337 g/mol. The summed E-state index contributed by atoms with van der Waals surface area (Å²) in [5, 5.41) is 0. The van der Waals surface area contributed by atoms with Gasteiger partial charge in [-0.25, -0.2) is 4.39 Å². The molecule has 2 atom stereocenters. The van der Waals surface area contributed by atoms with Gasteiger partial charge in [0, 0.05) is 38.8 Å². The van der Waals surface area contributed by atoms with Crippen LogP contribution in [0, 0.1) is 5.82 Å². The number of hydrogen-bond acceptors (Lipinski definition) is 3. The number of nitrogens with zero attached hydrogens (tertiary/aromatic N) is 3. The second kappa shape index (κ2) is 8.09. The number of rotatable bonds is 5. The van der Waals surface area contributed by atoms with Crippen LogP contribution in [-0.2, 0) is 13.0 Å². The lowest BCUT2D eigenvalue weighted by Crippen LogP contribution is -2.51. The van der Waals surface area contributed by atoms with Crippen LogP contribution in [0.5, 0.6) is 0 Å². The molecule has 1 fully saturated rings. The Balaban J connectivity index is 1.54. The van der Waals surface area contributed by atoms with Gasteiger partial charge in [0.2, 0.25) is 0 Å². The van der Waals surface area contributed by atoms with Gasteiger partial charge in [-0.3, -0.25) is 9.80 Å². The van der Waals surface area contributed by atoms with Crippen molar-refractivity contribution in [1.82, 2.24) is 14.7 Å². The van der Waals surface area contributed by atoms with Gasteiger partial charge in [-0.2, -0.15) is 0 Å². The van der Waals surface area contributed by atoms with Crippen molar-refractivity contribution < 1.29 is 4.39 Å². The van der Waals surface area contributed by atoms with E-state index in [1.165, 1.54) is 16.7 Å². The summed E-state index contributed by atoms with van der Waals surface area (Å²) in [7, 11) is 2.22. The number of piperazine rings is 1. The Morgan fingerprint density at radius 3 is 2.41 bits per heavy atom. The average molecular weight is 368 g/mol. The van der Waals surface area contributed by atoms with E-state index in [0.29, 0.717) is 12.1 Å². The Labute approximate surface area is 162 Å². The van der Waals surface area contributed by atoms with Crippen molar-refractivity contribution in [3.8, 4) is 0 Å². The van der Waals surface area contributed by atoms with Gasteiger partial charge in [-0.15, -0.1) is 0 Å². The van der Waals surface area contributed by atoms with E-state index in [-0.39, 0.29) is 5.82 Å². The maximum Gasteiger partial charge on any atom is 0.123 e. The first-order chi connectivity index (χ1) is 13.2. The second-order valence-corrected chi connectivity index (χ2v) is 7.93. The molecule has 4 rings (SSSR count). The predicted octanol–water partition coefficient (Wildman–Crippen LogP) is 3.56. The molecule has 1 saturated heterocycles. The number of halogens is 1. The van der Waals surface area contributed by atoms with Crippen LogP contribution in [-0.4, -0.2) is 60.5 Å². The Kier molecular flexibility index (Phi) is 5.58. The van der Waals surface area contributed by atoms with E-state index in [2.05, 4.69) is 52.9 Å². The molecule has 144 valence electrons. The Morgan fingerprint density at radius 2 is 1.70 bits per heavy atom. The minimum absolute atomic E-state index is 0.165. The Hall–Kier alpha value is -1.75. The van der Waals surface area contributed by atoms with Crippen molar-refractivity contribution in [2.45, 2.75) is 32.0 Å². The van der Waals surface area contributed by atoms with E-state index >= 15 is 0 Å². The van der Waals surface area contributed by atoms with E-state index < -0.39 is 0 Å². The fourth-order valence-corrected chi connectivity index (χ4v) is 4.74. The van der Waals surface area contributed by atoms with Gasteiger partial charge in [0.1, 0.15) is 5.82 Å². The third-order valence-corrected chi connectivity index (χ3v) is 6.33. The van der Waals surface area contributed by atoms with Gasteiger partial charge in [-0.1, -0.05) is 43.3 Å². The zero-order valence-electron chi connectivity index (χ0n) is 16.4. The van der Waals surface area contributed by atoms with E-state index in [1.54, 1.807) is 12.1 Å². The molecule has 0 radical (unpaired) electrons. The lowest BCUT2D eigenvalue weighted by Gasteiger charge is -2.42. The molecule has 0 aromatic heterocycles. The van der Waals surface area contributed by atoms with Crippen LogP contribution in [0.1, 0.15) is 29.7 Å².